The van der Waals surface area contributed by atoms with Gasteiger partial charge in [0.2, 0.25) is 5.88 Å². The normalized spacial score (nSPS) is 10.2. The Bertz CT molecular complexity index is 575. The Morgan fingerprint density at radius 3 is 2.65 bits per heavy atom. The number of rotatable bonds is 6. The van der Waals surface area contributed by atoms with E-state index < -0.39 is 0 Å². The van der Waals surface area contributed by atoms with Gasteiger partial charge in [0.1, 0.15) is 18.1 Å². The fourth-order valence-electron chi connectivity index (χ4n) is 1.73. The van der Waals surface area contributed by atoms with Crippen molar-refractivity contribution in [2.75, 3.05) is 14.2 Å². The topological polar surface area (TPSA) is 40.6 Å². The summed E-state index contributed by atoms with van der Waals surface area (Å²) in [4.78, 5) is 4.31. The lowest BCUT2D eigenvalue weighted by Crippen LogP contribution is -2.01. The van der Waals surface area contributed by atoms with Gasteiger partial charge in [0.25, 0.3) is 0 Å². The minimum absolute atomic E-state index is 0.392. The van der Waals surface area contributed by atoms with E-state index in [-0.39, 0.29) is 0 Å². The van der Waals surface area contributed by atoms with Crippen LogP contribution in [0.25, 0.3) is 0 Å². The van der Waals surface area contributed by atoms with Gasteiger partial charge in [-0.2, -0.15) is 0 Å². The van der Waals surface area contributed by atoms with Crippen LogP contribution in [-0.2, 0) is 11.9 Å². The zero-order valence-electron chi connectivity index (χ0n) is 11.4. The molecule has 0 amide bonds. The van der Waals surface area contributed by atoms with Crippen LogP contribution in [0.4, 0.5) is 0 Å². The van der Waals surface area contributed by atoms with E-state index in [0.717, 1.165) is 22.8 Å². The molecule has 1 aromatic carbocycles. The Morgan fingerprint density at radius 2 is 1.95 bits per heavy atom. The fraction of sp³-hybridized carbons (Fsp3) is 0.267. The number of hydrogen-bond donors (Lipinski definition) is 0. The number of methoxy groups -OCH3 is 2. The predicted octanol–water partition coefficient (Wildman–Crippen LogP) is 3.57. The molecule has 0 bridgehead atoms. The van der Waals surface area contributed by atoms with Gasteiger partial charge in [-0.15, -0.1) is 0 Å². The van der Waals surface area contributed by atoms with Crippen molar-refractivity contribution in [3.63, 3.8) is 0 Å². The van der Waals surface area contributed by atoms with E-state index >= 15 is 0 Å². The van der Waals surface area contributed by atoms with Gasteiger partial charge in [-0.1, -0.05) is 22.0 Å². The molecule has 20 heavy (non-hydrogen) atoms. The molecule has 0 aliphatic rings. The summed E-state index contributed by atoms with van der Waals surface area (Å²) >= 11 is 3.45. The first-order valence-corrected chi connectivity index (χ1v) is 7.24. The highest BCUT2D eigenvalue weighted by molar-refractivity contribution is 9.08. The molecule has 0 saturated carbocycles. The van der Waals surface area contributed by atoms with Crippen molar-refractivity contribution in [3.05, 3.63) is 47.7 Å². The molecule has 0 aliphatic carbocycles. The summed E-state index contributed by atoms with van der Waals surface area (Å²) in [5, 5.41) is 0.699. The maximum absolute atomic E-state index is 5.81. The van der Waals surface area contributed by atoms with Crippen LogP contribution in [0.3, 0.4) is 0 Å². The Hall–Kier alpha value is -1.75. The molecule has 0 radical (unpaired) electrons. The summed E-state index contributed by atoms with van der Waals surface area (Å²) in [6.07, 6.45) is 0. The van der Waals surface area contributed by atoms with E-state index in [1.54, 1.807) is 20.3 Å². The van der Waals surface area contributed by atoms with E-state index in [1.807, 2.05) is 30.3 Å². The molecule has 2 rings (SSSR count). The standard InChI is InChI=1S/C15H16BrNO3/c1-18-13-6-7-14(11(8-13)9-16)20-10-12-4-3-5-15(17-12)19-2/h3-8H,9-10H2,1-2H3. The van der Waals surface area contributed by atoms with E-state index in [0.29, 0.717) is 17.8 Å². The summed E-state index contributed by atoms with van der Waals surface area (Å²) < 4.78 is 16.1. The second-order valence-electron chi connectivity index (χ2n) is 4.07. The van der Waals surface area contributed by atoms with Gasteiger partial charge >= 0.3 is 0 Å². The molecule has 0 N–H and O–H groups in total. The third kappa shape index (κ3) is 3.63. The van der Waals surface area contributed by atoms with Gasteiger partial charge in [-0.25, -0.2) is 4.98 Å². The highest BCUT2D eigenvalue weighted by Crippen LogP contribution is 2.26. The van der Waals surface area contributed by atoms with E-state index in [1.165, 1.54) is 0 Å². The van der Waals surface area contributed by atoms with Gasteiger partial charge in [0, 0.05) is 17.0 Å². The highest BCUT2D eigenvalue weighted by atomic mass is 79.9. The first kappa shape index (κ1) is 14.7. The van der Waals surface area contributed by atoms with Crippen LogP contribution in [0.15, 0.2) is 36.4 Å². The quantitative estimate of drug-likeness (QED) is 0.755. The number of hydrogen-bond acceptors (Lipinski definition) is 4. The number of alkyl halides is 1. The van der Waals surface area contributed by atoms with Crippen LogP contribution >= 0.6 is 15.9 Å². The molecule has 106 valence electrons. The van der Waals surface area contributed by atoms with Gasteiger partial charge in [-0.3, -0.25) is 0 Å². The zero-order valence-corrected chi connectivity index (χ0v) is 13.0. The first-order valence-electron chi connectivity index (χ1n) is 6.12. The third-order valence-electron chi connectivity index (χ3n) is 2.78. The lowest BCUT2D eigenvalue weighted by molar-refractivity contribution is 0.295. The molecule has 0 aliphatic heterocycles. The summed E-state index contributed by atoms with van der Waals surface area (Å²) in [6, 6.07) is 11.3. The fourth-order valence-corrected chi connectivity index (χ4v) is 2.17. The molecule has 0 atom stereocenters. The molecule has 0 spiro atoms. The molecule has 1 aromatic heterocycles. The van der Waals surface area contributed by atoms with Crippen molar-refractivity contribution in [1.29, 1.82) is 0 Å². The van der Waals surface area contributed by atoms with Crippen LogP contribution in [0, 0.1) is 0 Å². The van der Waals surface area contributed by atoms with E-state index in [9.17, 15) is 0 Å². The second kappa shape index (κ2) is 7.14. The number of ether oxygens (including phenoxy) is 3. The summed E-state index contributed by atoms with van der Waals surface area (Å²) in [6.45, 7) is 0.392. The molecule has 0 saturated heterocycles. The van der Waals surface area contributed by atoms with Gasteiger partial charge in [0.15, 0.2) is 0 Å². The lowest BCUT2D eigenvalue weighted by atomic mass is 10.2. The van der Waals surface area contributed by atoms with Crippen LogP contribution < -0.4 is 14.2 Å². The molecule has 4 nitrogen and oxygen atoms in total. The third-order valence-corrected chi connectivity index (χ3v) is 3.38. The molecule has 5 heteroatoms. The van der Waals surface area contributed by atoms with Crippen molar-refractivity contribution in [3.8, 4) is 17.4 Å². The summed E-state index contributed by atoms with van der Waals surface area (Å²) in [5.74, 6) is 2.21. The van der Waals surface area contributed by atoms with Crippen molar-refractivity contribution in [1.82, 2.24) is 4.98 Å². The molecule has 1 heterocycles. The van der Waals surface area contributed by atoms with E-state index in [4.69, 9.17) is 14.2 Å². The van der Waals surface area contributed by atoms with Gasteiger partial charge < -0.3 is 14.2 Å². The van der Waals surface area contributed by atoms with Gasteiger partial charge in [-0.05, 0) is 24.3 Å². The van der Waals surface area contributed by atoms with Gasteiger partial charge in [0.05, 0.1) is 19.9 Å². The summed E-state index contributed by atoms with van der Waals surface area (Å²) in [7, 11) is 3.24. The van der Waals surface area contributed by atoms with Crippen molar-refractivity contribution < 1.29 is 14.2 Å². The highest BCUT2D eigenvalue weighted by Gasteiger charge is 2.06. The summed E-state index contributed by atoms with van der Waals surface area (Å²) in [5.41, 5.74) is 1.85. The van der Waals surface area contributed by atoms with Crippen LogP contribution in [0.2, 0.25) is 0 Å². The SMILES string of the molecule is COc1ccc(OCc2cccc(OC)n2)c(CBr)c1. The molecule has 0 unspecified atom stereocenters. The van der Waals surface area contributed by atoms with Crippen molar-refractivity contribution in [2.24, 2.45) is 0 Å². The zero-order chi connectivity index (χ0) is 14.4. The maximum atomic E-state index is 5.81. The minimum Gasteiger partial charge on any atom is -0.497 e. The second-order valence-corrected chi connectivity index (χ2v) is 4.63. The molecular weight excluding hydrogens is 322 g/mol. The Kier molecular flexibility index (Phi) is 5.24. The number of nitrogens with zero attached hydrogens (tertiary/aromatic N) is 1. The molecule has 0 fully saturated rings. The predicted molar refractivity (Wildman–Crippen MR) is 80.7 cm³/mol. The van der Waals surface area contributed by atoms with Crippen molar-refractivity contribution >= 4 is 15.9 Å². The minimum atomic E-state index is 0.392. The van der Waals surface area contributed by atoms with E-state index in [2.05, 4.69) is 20.9 Å². The number of benzene rings is 1. The van der Waals surface area contributed by atoms with Crippen molar-refractivity contribution in [2.45, 2.75) is 11.9 Å². The molecule has 2 aromatic rings. The lowest BCUT2D eigenvalue weighted by Gasteiger charge is -2.11. The monoisotopic (exact) mass is 337 g/mol. The first-order chi connectivity index (χ1) is 9.76. The average Bonchev–Trinajstić information content (AvgIpc) is 2.52. The maximum Gasteiger partial charge on any atom is 0.213 e. The number of aromatic nitrogens is 1. The van der Waals surface area contributed by atoms with Crippen LogP contribution in [0.1, 0.15) is 11.3 Å². The number of halogens is 1. The smallest absolute Gasteiger partial charge is 0.213 e. The number of pyridine rings is 1. The van der Waals surface area contributed by atoms with Crippen LogP contribution in [-0.4, -0.2) is 19.2 Å². The Morgan fingerprint density at radius 1 is 1.10 bits per heavy atom. The Labute approximate surface area is 126 Å². The molecular formula is C15H16BrNO3. The van der Waals surface area contributed by atoms with Crippen LogP contribution in [0.5, 0.6) is 17.4 Å². The largest absolute Gasteiger partial charge is 0.497 e. The average molecular weight is 338 g/mol. The Balaban J connectivity index is 2.10.